The molecule has 0 saturated heterocycles. The number of carbonyl (C=O) groups excluding carboxylic acids is 1. The molecule has 0 unspecified atom stereocenters. The Labute approximate surface area is 122 Å². The second-order valence-electron chi connectivity index (χ2n) is 5.19. The molecule has 21 heavy (non-hydrogen) atoms. The van der Waals surface area contributed by atoms with Crippen LogP contribution >= 0.6 is 0 Å². The van der Waals surface area contributed by atoms with E-state index in [1.54, 1.807) is 6.07 Å². The lowest BCUT2D eigenvalue weighted by atomic mass is 10.1. The molecule has 2 aromatic carbocycles. The highest BCUT2D eigenvalue weighted by atomic mass is 19.1. The van der Waals surface area contributed by atoms with Gasteiger partial charge in [-0.05, 0) is 48.4 Å². The average molecular weight is 287 g/mol. The summed E-state index contributed by atoms with van der Waals surface area (Å²) in [5, 5.41) is 0. The maximum absolute atomic E-state index is 13.3. The number of hydrogen-bond donors (Lipinski definition) is 0. The minimum atomic E-state index is -0.351. The summed E-state index contributed by atoms with van der Waals surface area (Å²) in [7, 11) is 0. The first-order valence-electron chi connectivity index (χ1n) is 6.95. The highest BCUT2D eigenvalue weighted by molar-refractivity contribution is 5.96. The Morgan fingerprint density at radius 2 is 1.76 bits per heavy atom. The molecule has 0 N–H and O–H groups in total. The number of anilines is 1. The molecule has 1 aliphatic heterocycles. The molecule has 2 nitrogen and oxygen atoms in total. The smallest absolute Gasteiger partial charge is 0.164 e. The van der Waals surface area contributed by atoms with Gasteiger partial charge in [-0.25, -0.2) is 8.78 Å². The zero-order chi connectivity index (χ0) is 14.8. The Hall–Kier alpha value is -2.23. The largest absolute Gasteiger partial charge is 0.370 e. The van der Waals surface area contributed by atoms with Gasteiger partial charge in [0.1, 0.15) is 11.6 Å². The number of carbonyl (C=O) groups is 1. The fourth-order valence-corrected chi connectivity index (χ4v) is 2.67. The summed E-state index contributed by atoms with van der Waals surface area (Å²) >= 11 is 0. The molecule has 1 aliphatic rings. The minimum Gasteiger partial charge on any atom is -0.370 e. The van der Waals surface area contributed by atoms with Gasteiger partial charge in [-0.15, -0.1) is 0 Å². The number of rotatable bonds is 4. The molecular weight excluding hydrogens is 272 g/mol. The van der Waals surface area contributed by atoms with E-state index in [1.807, 2.05) is 4.90 Å². The van der Waals surface area contributed by atoms with Gasteiger partial charge in [-0.1, -0.05) is 6.07 Å². The normalized spacial score (nSPS) is 13.3. The van der Waals surface area contributed by atoms with Crippen LogP contribution in [0.2, 0.25) is 0 Å². The number of nitrogens with zero attached hydrogens (tertiary/aromatic N) is 1. The summed E-state index contributed by atoms with van der Waals surface area (Å²) in [5.74, 6) is -0.638. The third kappa shape index (κ3) is 2.94. The second-order valence-corrected chi connectivity index (χ2v) is 5.19. The lowest BCUT2D eigenvalue weighted by molar-refractivity contribution is 0.0984. The Balaban J connectivity index is 1.65. The molecule has 0 aliphatic carbocycles. The van der Waals surface area contributed by atoms with E-state index < -0.39 is 0 Å². The highest BCUT2D eigenvalue weighted by Gasteiger charge is 2.20. The predicted molar refractivity (Wildman–Crippen MR) is 77.7 cm³/mol. The topological polar surface area (TPSA) is 20.3 Å². The molecule has 0 spiro atoms. The maximum Gasteiger partial charge on any atom is 0.164 e. The van der Waals surface area contributed by atoms with Crippen LogP contribution in [-0.2, 0) is 6.42 Å². The van der Waals surface area contributed by atoms with Gasteiger partial charge in [0, 0.05) is 30.8 Å². The van der Waals surface area contributed by atoms with Crippen molar-refractivity contribution in [1.29, 1.82) is 0 Å². The third-order valence-corrected chi connectivity index (χ3v) is 3.81. The van der Waals surface area contributed by atoms with Gasteiger partial charge in [0.2, 0.25) is 0 Å². The molecule has 0 atom stereocenters. The number of benzene rings is 2. The fraction of sp³-hybridized carbons (Fsp3) is 0.235. The molecule has 4 heteroatoms. The van der Waals surface area contributed by atoms with Gasteiger partial charge in [0.25, 0.3) is 0 Å². The van der Waals surface area contributed by atoms with Gasteiger partial charge in [0.05, 0.1) is 0 Å². The second kappa shape index (κ2) is 5.64. The van der Waals surface area contributed by atoms with Crippen molar-refractivity contribution in [3.05, 3.63) is 65.2 Å². The van der Waals surface area contributed by atoms with Gasteiger partial charge < -0.3 is 4.90 Å². The van der Waals surface area contributed by atoms with E-state index in [0.29, 0.717) is 18.5 Å². The van der Waals surface area contributed by atoms with Crippen molar-refractivity contribution in [2.24, 2.45) is 0 Å². The highest BCUT2D eigenvalue weighted by Crippen LogP contribution is 2.28. The van der Waals surface area contributed by atoms with Crippen molar-refractivity contribution in [2.45, 2.75) is 12.8 Å². The summed E-state index contributed by atoms with van der Waals surface area (Å²) in [4.78, 5) is 14.1. The molecule has 3 rings (SSSR count). The zero-order valence-corrected chi connectivity index (χ0v) is 11.5. The van der Waals surface area contributed by atoms with Crippen molar-refractivity contribution < 1.29 is 13.6 Å². The van der Waals surface area contributed by atoms with Crippen molar-refractivity contribution >= 4 is 11.5 Å². The molecule has 0 saturated carbocycles. The molecule has 2 aromatic rings. The summed E-state index contributed by atoms with van der Waals surface area (Å²) < 4.78 is 26.1. The van der Waals surface area contributed by atoms with Gasteiger partial charge in [-0.3, -0.25) is 4.79 Å². The van der Waals surface area contributed by atoms with E-state index in [9.17, 15) is 13.6 Å². The Bertz CT molecular complexity index is 667. The van der Waals surface area contributed by atoms with Crippen LogP contribution in [0.3, 0.4) is 0 Å². The number of ketones is 1. The first-order chi connectivity index (χ1) is 10.1. The van der Waals surface area contributed by atoms with Crippen LogP contribution in [0.15, 0.2) is 42.5 Å². The molecule has 108 valence electrons. The van der Waals surface area contributed by atoms with Crippen molar-refractivity contribution in [3.8, 4) is 0 Å². The van der Waals surface area contributed by atoms with Crippen LogP contribution in [0.1, 0.15) is 22.3 Å². The molecule has 1 heterocycles. The van der Waals surface area contributed by atoms with Crippen LogP contribution in [0.4, 0.5) is 14.5 Å². The molecule has 0 amide bonds. The molecule has 0 fully saturated rings. The SMILES string of the molecule is O=C(CCN1CCc2ccc(F)cc21)c1ccc(F)cc1. The standard InChI is InChI=1S/C17H15F2NO/c18-14-4-2-13(3-5-14)17(21)8-10-20-9-7-12-1-6-15(19)11-16(12)20/h1-6,11H,7-10H2. The zero-order valence-electron chi connectivity index (χ0n) is 11.5. The Kier molecular flexibility index (Phi) is 3.69. The van der Waals surface area contributed by atoms with Crippen LogP contribution in [0.5, 0.6) is 0 Å². The molecule has 0 radical (unpaired) electrons. The minimum absolute atomic E-state index is 0.0279. The van der Waals surface area contributed by atoms with E-state index in [4.69, 9.17) is 0 Å². The van der Waals surface area contributed by atoms with Crippen LogP contribution in [0.25, 0.3) is 0 Å². The van der Waals surface area contributed by atoms with Crippen molar-refractivity contribution in [1.82, 2.24) is 0 Å². The maximum atomic E-state index is 13.3. The van der Waals surface area contributed by atoms with E-state index in [-0.39, 0.29) is 17.4 Å². The Morgan fingerprint density at radius 3 is 2.52 bits per heavy atom. The summed E-state index contributed by atoms with van der Waals surface area (Å²) in [6.07, 6.45) is 1.21. The number of fused-ring (bicyclic) bond motifs is 1. The summed E-state index contributed by atoms with van der Waals surface area (Å²) in [6.45, 7) is 1.35. The third-order valence-electron chi connectivity index (χ3n) is 3.81. The first-order valence-corrected chi connectivity index (χ1v) is 6.95. The monoisotopic (exact) mass is 287 g/mol. The van der Waals surface area contributed by atoms with Crippen LogP contribution in [0, 0.1) is 11.6 Å². The predicted octanol–water partition coefficient (Wildman–Crippen LogP) is 3.60. The summed E-state index contributed by atoms with van der Waals surface area (Å²) in [6, 6.07) is 10.3. The average Bonchev–Trinajstić information content (AvgIpc) is 2.88. The summed E-state index contributed by atoms with van der Waals surface area (Å²) in [5.41, 5.74) is 2.50. The number of halogens is 2. The lowest BCUT2D eigenvalue weighted by Crippen LogP contribution is -2.24. The molecular formula is C17H15F2NO. The first kappa shape index (κ1) is 13.7. The number of Topliss-reactive ketones (excluding diaryl/α,β-unsaturated/α-hetero) is 1. The van der Waals surface area contributed by atoms with E-state index >= 15 is 0 Å². The van der Waals surface area contributed by atoms with Crippen LogP contribution in [-0.4, -0.2) is 18.9 Å². The quantitative estimate of drug-likeness (QED) is 0.801. The van der Waals surface area contributed by atoms with Gasteiger partial charge in [-0.2, -0.15) is 0 Å². The number of hydrogen-bond acceptors (Lipinski definition) is 2. The van der Waals surface area contributed by atoms with E-state index in [2.05, 4.69) is 0 Å². The fourth-order valence-electron chi connectivity index (χ4n) is 2.67. The Morgan fingerprint density at radius 1 is 1.05 bits per heavy atom. The van der Waals surface area contributed by atoms with Crippen LogP contribution < -0.4 is 4.90 Å². The van der Waals surface area contributed by atoms with E-state index in [1.165, 1.54) is 36.4 Å². The van der Waals surface area contributed by atoms with Gasteiger partial charge in [0.15, 0.2) is 5.78 Å². The van der Waals surface area contributed by atoms with Crippen molar-refractivity contribution in [2.75, 3.05) is 18.0 Å². The lowest BCUT2D eigenvalue weighted by Gasteiger charge is -2.18. The van der Waals surface area contributed by atoms with Gasteiger partial charge >= 0.3 is 0 Å². The van der Waals surface area contributed by atoms with Crippen molar-refractivity contribution in [3.63, 3.8) is 0 Å². The van der Waals surface area contributed by atoms with E-state index in [0.717, 1.165) is 24.2 Å². The molecule has 0 bridgehead atoms. The molecule has 0 aromatic heterocycles.